The van der Waals surface area contributed by atoms with Crippen LogP contribution in [0.4, 0.5) is 4.39 Å². The first-order valence-electron chi connectivity index (χ1n) is 9.81. The van der Waals surface area contributed by atoms with Crippen molar-refractivity contribution in [3.05, 3.63) is 83.7 Å². The number of hydrogen-bond donors (Lipinski definition) is 0. The summed E-state index contributed by atoms with van der Waals surface area (Å²) < 4.78 is 15.9. The number of amides is 1. The van der Waals surface area contributed by atoms with Gasteiger partial charge in [0.25, 0.3) is 5.91 Å². The number of carbonyl (C=O) groups excluding carboxylic acids is 1. The number of carbonyl (C=O) groups is 1. The van der Waals surface area contributed by atoms with Crippen LogP contribution in [-0.2, 0) is 6.42 Å². The molecule has 146 valence electrons. The minimum atomic E-state index is -0.485. The molecule has 1 atom stereocenters. The molecule has 4 heterocycles. The number of benzene rings is 1. The van der Waals surface area contributed by atoms with Gasteiger partial charge in [-0.15, -0.1) is 0 Å². The van der Waals surface area contributed by atoms with Gasteiger partial charge in [0.05, 0.1) is 11.6 Å². The fraction of sp³-hybridized carbons (Fsp3) is 0.174. The molecule has 5 nitrogen and oxygen atoms in total. The maximum Gasteiger partial charge on any atom is 0.274 e. The van der Waals surface area contributed by atoms with Crippen molar-refractivity contribution in [1.29, 1.82) is 0 Å². The van der Waals surface area contributed by atoms with E-state index in [1.165, 1.54) is 6.20 Å². The Labute approximate surface area is 174 Å². The zero-order chi connectivity index (χ0) is 20.8. The van der Waals surface area contributed by atoms with Crippen molar-refractivity contribution in [2.24, 2.45) is 0 Å². The average Bonchev–Trinajstić information content (AvgIpc) is 3.17. The number of hydrogen-bond acceptors (Lipinski definition) is 3. The molecule has 5 rings (SSSR count). The van der Waals surface area contributed by atoms with Crippen LogP contribution in [0.15, 0.2) is 60.9 Å². The smallest absolute Gasteiger partial charge is 0.274 e. The molecular formula is C23H18BFN4O. The Hall–Kier alpha value is -3.48. The molecule has 0 saturated heterocycles. The average molecular weight is 396 g/mol. The maximum absolute atomic E-state index is 14.3. The molecule has 30 heavy (non-hydrogen) atoms. The number of nitrogens with zero attached hydrogens (tertiary/aromatic N) is 4. The van der Waals surface area contributed by atoms with Gasteiger partial charge >= 0.3 is 0 Å². The Morgan fingerprint density at radius 2 is 2.00 bits per heavy atom. The third-order valence-electron chi connectivity index (χ3n) is 5.74. The van der Waals surface area contributed by atoms with E-state index in [-0.39, 0.29) is 11.9 Å². The predicted molar refractivity (Wildman–Crippen MR) is 113 cm³/mol. The van der Waals surface area contributed by atoms with E-state index in [2.05, 4.69) is 10.1 Å². The molecule has 1 aliphatic rings. The van der Waals surface area contributed by atoms with Crippen molar-refractivity contribution in [2.75, 3.05) is 6.54 Å². The molecule has 1 amide bonds. The summed E-state index contributed by atoms with van der Waals surface area (Å²) in [5.41, 5.74) is 5.17. The third kappa shape index (κ3) is 2.98. The first-order valence-corrected chi connectivity index (χ1v) is 9.81. The van der Waals surface area contributed by atoms with E-state index < -0.39 is 5.95 Å². The van der Waals surface area contributed by atoms with E-state index in [9.17, 15) is 9.18 Å². The minimum Gasteiger partial charge on any atom is -0.330 e. The van der Waals surface area contributed by atoms with E-state index in [1.807, 2.05) is 36.1 Å². The topological polar surface area (TPSA) is 50.5 Å². The van der Waals surface area contributed by atoms with Crippen LogP contribution >= 0.6 is 0 Å². The lowest BCUT2D eigenvalue weighted by atomic mass is 9.87. The quantitative estimate of drug-likeness (QED) is 0.387. The zero-order valence-corrected chi connectivity index (χ0v) is 16.4. The summed E-state index contributed by atoms with van der Waals surface area (Å²) in [6, 6.07) is 14.5. The van der Waals surface area contributed by atoms with E-state index >= 15 is 0 Å². The molecule has 0 saturated carbocycles. The minimum absolute atomic E-state index is 0.131. The van der Waals surface area contributed by atoms with Crippen molar-refractivity contribution in [3.63, 3.8) is 0 Å². The molecule has 0 N–H and O–H groups in total. The van der Waals surface area contributed by atoms with Crippen molar-refractivity contribution in [3.8, 4) is 11.1 Å². The monoisotopic (exact) mass is 396 g/mol. The molecule has 1 aromatic carbocycles. The summed E-state index contributed by atoms with van der Waals surface area (Å²) >= 11 is 0. The SMILES string of the molecule is [B]c1ccc2cc(C(=O)N3CCc4c(-c5cccnc5F)cccc4C3C)nn2c1. The van der Waals surface area contributed by atoms with Crippen molar-refractivity contribution in [2.45, 2.75) is 19.4 Å². The Morgan fingerprint density at radius 3 is 2.83 bits per heavy atom. The van der Waals surface area contributed by atoms with Gasteiger partial charge in [-0.25, -0.2) is 9.50 Å². The summed E-state index contributed by atoms with van der Waals surface area (Å²) in [6.07, 6.45) is 3.77. The van der Waals surface area contributed by atoms with Gasteiger partial charge in [0.1, 0.15) is 7.85 Å². The highest BCUT2D eigenvalue weighted by Crippen LogP contribution is 2.36. The predicted octanol–water partition coefficient (Wildman–Crippen LogP) is 3.09. The molecule has 7 heteroatoms. The lowest BCUT2D eigenvalue weighted by Crippen LogP contribution is -2.39. The summed E-state index contributed by atoms with van der Waals surface area (Å²) in [5, 5.41) is 4.40. The van der Waals surface area contributed by atoms with E-state index in [0.29, 0.717) is 29.7 Å². The van der Waals surface area contributed by atoms with Gasteiger partial charge < -0.3 is 4.90 Å². The van der Waals surface area contributed by atoms with Crippen molar-refractivity contribution >= 4 is 24.7 Å². The van der Waals surface area contributed by atoms with Crippen molar-refractivity contribution in [1.82, 2.24) is 19.5 Å². The van der Waals surface area contributed by atoms with Gasteiger partial charge in [0, 0.05) is 24.5 Å². The fourth-order valence-electron chi connectivity index (χ4n) is 4.24. The van der Waals surface area contributed by atoms with Crippen LogP contribution in [0.3, 0.4) is 0 Å². The van der Waals surface area contributed by atoms with Crippen LogP contribution in [-0.4, -0.2) is 39.8 Å². The highest BCUT2D eigenvalue weighted by molar-refractivity contribution is 6.32. The summed E-state index contributed by atoms with van der Waals surface area (Å²) in [6.45, 7) is 2.52. The van der Waals surface area contributed by atoms with E-state index in [0.717, 1.165) is 22.2 Å². The molecule has 3 aromatic heterocycles. The summed E-state index contributed by atoms with van der Waals surface area (Å²) in [5.74, 6) is -0.616. The third-order valence-corrected chi connectivity index (χ3v) is 5.74. The van der Waals surface area contributed by atoms with E-state index in [1.54, 1.807) is 35.0 Å². The maximum atomic E-state index is 14.3. The Bertz CT molecular complexity index is 1290. The van der Waals surface area contributed by atoms with Crippen LogP contribution in [0.25, 0.3) is 16.6 Å². The highest BCUT2D eigenvalue weighted by Gasteiger charge is 2.31. The number of fused-ring (bicyclic) bond motifs is 2. The van der Waals surface area contributed by atoms with Gasteiger partial charge in [0.15, 0.2) is 5.69 Å². The lowest BCUT2D eigenvalue weighted by Gasteiger charge is -2.36. The van der Waals surface area contributed by atoms with Crippen LogP contribution in [0, 0.1) is 5.95 Å². The second-order valence-electron chi connectivity index (χ2n) is 7.50. The Balaban J connectivity index is 1.50. The van der Waals surface area contributed by atoms with Gasteiger partial charge in [-0.05, 0) is 54.3 Å². The number of rotatable bonds is 2. The first-order chi connectivity index (χ1) is 14.5. The largest absolute Gasteiger partial charge is 0.330 e. The Morgan fingerprint density at radius 1 is 1.17 bits per heavy atom. The lowest BCUT2D eigenvalue weighted by molar-refractivity contribution is 0.0671. The van der Waals surface area contributed by atoms with Crippen LogP contribution in [0.2, 0.25) is 0 Å². The van der Waals surface area contributed by atoms with E-state index in [4.69, 9.17) is 7.85 Å². The van der Waals surface area contributed by atoms with Crippen LogP contribution in [0.1, 0.15) is 34.6 Å². The molecule has 0 spiro atoms. The standard InChI is InChI=1S/C23H18BFN4O/c1-14-17-4-2-5-18(20-6-3-10-26-22(20)25)19(17)9-11-28(14)23(30)21-12-16-8-7-15(24)13-29(16)27-21/h2-8,10,12-14H,9,11H2,1H3. The molecule has 4 aromatic rings. The molecular weight excluding hydrogens is 378 g/mol. The van der Waals surface area contributed by atoms with Gasteiger partial charge in [0.2, 0.25) is 5.95 Å². The molecule has 1 unspecified atom stereocenters. The van der Waals surface area contributed by atoms with Crippen LogP contribution in [0.5, 0.6) is 0 Å². The number of aromatic nitrogens is 3. The second kappa shape index (κ2) is 7.09. The molecule has 1 aliphatic heterocycles. The molecule has 0 fully saturated rings. The molecule has 0 aliphatic carbocycles. The van der Waals surface area contributed by atoms with Gasteiger partial charge in [-0.1, -0.05) is 29.7 Å². The molecule has 2 radical (unpaired) electrons. The van der Waals surface area contributed by atoms with Gasteiger partial charge in [-0.2, -0.15) is 9.49 Å². The summed E-state index contributed by atoms with van der Waals surface area (Å²) in [4.78, 5) is 18.8. The normalized spacial score (nSPS) is 15.9. The van der Waals surface area contributed by atoms with Gasteiger partial charge in [-0.3, -0.25) is 4.79 Å². The van der Waals surface area contributed by atoms with Crippen LogP contribution < -0.4 is 5.46 Å². The summed E-state index contributed by atoms with van der Waals surface area (Å²) in [7, 11) is 5.81. The first kappa shape index (κ1) is 18.5. The highest BCUT2D eigenvalue weighted by atomic mass is 19.1. The fourth-order valence-corrected chi connectivity index (χ4v) is 4.24. The number of halogens is 1. The Kier molecular flexibility index (Phi) is 4.38. The molecule has 0 bridgehead atoms. The number of pyridine rings is 2. The second-order valence-corrected chi connectivity index (χ2v) is 7.50. The van der Waals surface area contributed by atoms with Crippen molar-refractivity contribution < 1.29 is 9.18 Å². The zero-order valence-electron chi connectivity index (χ0n) is 16.4.